The molecule has 0 atom stereocenters. The van der Waals surface area contributed by atoms with Crippen LogP contribution in [0, 0.1) is 0 Å². The average molecular weight is 305 g/mol. The zero-order valence-electron chi connectivity index (χ0n) is 11.5. The maximum atomic E-state index is 11.8. The summed E-state index contributed by atoms with van der Waals surface area (Å²) in [6, 6.07) is 14.8. The summed E-state index contributed by atoms with van der Waals surface area (Å²) < 4.78 is 5.46. The number of carbonyl (C=O) groups is 1. The van der Waals surface area contributed by atoms with E-state index in [1.807, 2.05) is 30.3 Å². The van der Waals surface area contributed by atoms with Crippen LogP contribution in [0.5, 0.6) is 0 Å². The SMILES string of the molecule is Nc1cc(Cl)ccc1NC(=O)CCOCc1ccccc1. The van der Waals surface area contributed by atoms with Crippen LogP contribution in [-0.4, -0.2) is 12.5 Å². The number of carbonyl (C=O) groups excluding carboxylic acids is 1. The highest BCUT2D eigenvalue weighted by Crippen LogP contribution is 2.22. The first kappa shape index (κ1) is 15.4. The van der Waals surface area contributed by atoms with Crippen LogP contribution < -0.4 is 11.1 Å². The highest BCUT2D eigenvalue weighted by molar-refractivity contribution is 6.31. The molecular formula is C16H17ClN2O2. The molecule has 4 nitrogen and oxygen atoms in total. The first-order valence-electron chi connectivity index (χ1n) is 6.61. The summed E-state index contributed by atoms with van der Waals surface area (Å²) in [4.78, 5) is 11.8. The average Bonchev–Trinajstić information content (AvgIpc) is 2.48. The molecule has 0 fully saturated rings. The van der Waals surface area contributed by atoms with E-state index in [1.165, 1.54) is 0 Å². The van der Waals surface area contributed by atoms with Crippen molar-refractivity contribution in [2.45, 2.75) is 13.0 Å². The monoisotopic (exact) mass is 304 g/mol. The number of nitrogens with two attached hydrogens (primary N) is 1. The summed E-state index contributed by atoms with van der Waals surface area (Å²) in [7, 11) is 0. The van der Waals surface area contributed by atoms with E-state index in [4.69, 9.17) is 22.1 Å². The van der Waals surface area contributed by atoms with Gasteiger partial charge in [-0.15, -0.1) is 0 Å². The lowest BCUT2D eigenvalue weighted by Crippen LogP contribution is -2.15. The molecule has 1 amide bonds. The third-order valence-electron chi connectivity index (χ3n) is 2.87. The lowest BCUT2D eigenvalue weighted by molar-refractivity contribution is -0.117. The smallest absolute Gasteiger partial charge is 0.226 e. The highest BCUT2D eigenvalue weighted by Gasteiger charge is 2.05. The van der Waals surface area contributed by atoms with E-state index >= 15 is 0 Å². The standard InChI is InChI=1S/C16H17ClN2O2/c17-13-6-7-15(14(18)10-13)19-16(20)8-9-21-11-12-4-2-1-3-5-12/h1-7,10H,8-9,11,18H2,(H,19,20). The van der Waals surface area contributed by atoms with Crippen LogP contribution in [0.15, 0.2) is 48.5 Å². The second kappa shape index (κ2) is 7.67. The van der Waals surface area contributed by atoms with Gasteiger partial charge in [-0.05, 0) is 23.8 Å². The Morgan fingerprint density at radius 2 is 1.95 bits per heavy atom. The lowest BCUT2D eigenvalue weighted by Gasteiger charge is -2.09. The van der Waals surface area contributed by atoms with Gasteiger partial charge in [0.25, 0.3) is 0 Å². The van der Waals surface area contributed by atoms with Gasteiger partial charge in [0, 0.05) is 5.02 Å². The number of halogens is 1. The molecule has 5 heteroatoms. The zero-order chi connectivity index (χ0) is 15.1. The predicted molar refractivity (Wildman–Crippen MR) is 85.2 cm³/mol. The number of anilines is 2. The molecule has 0 heterocycles. The summed E-state index contributed by atoms with van der Waals surface area (Å²) in [5.74, 6) is -0.142. The van der Waals surface area contributed by atoms with Crippen LogP contribution in [0.3, 0.4) is 0 Å². The van der Waals surface area contributed by atoms with E-state index in [0.29, 0.717) is 29.6 Å². The lowest BCUT2D eigenvalue weighted by atomic mass is 10.2. The van der Waals surface area contributed by atoms with Crippen molar-refractivity contribution < 1.29 is 9.53 Å². The molecule has 0 unspecified atom stereocenters. The number of nitrogens with one attached hydrogen (secondary N) is 1. The zero-order valence-corrected chi connectivity index (χ0v) is 12.3. The molecule has 0 aliphatic rings. The van der Waals surface area contributed by atoms with Crippen molar-refractivity contribution in [3.8, 4) is 0 Å². The summed E-state index contributed by atoms with van der Waals surface area (Å²) in [6.45, 7) is 0.853. The van der Waals surface area contributed by atoms with Crippen molar-refractivity contribution in [1.82, 2.24) is 0 Å². The molecule has 110 valence electrons. The van der Waals surface area contributed by atoms with E-state index in [1.54, 1.807) is 18.2 Å². The minimum atomic E-state index is -0.142. The highest BCUT2D eigenvalue weighted by atomic mass is 35.5. The number of hydrogen-bond acceptors (Lipinski definition) is 3. The molecule has 0 aliphatic carbocycles. The molecule has 0 aliphatic heterocycles. The molecule has 2 aromatic carbocycles. The number of rotatable bonds is 6. The normalized spacial score (nSPS) is 10.3. The molecule has 0 spiro atoms. The fourth-order valence-electron chi connectivity index (χ4n) is 1.79. The van der Waals surface area contributed by atoms with Gasteiger partial charge in [0.05, 0.1) is 31.0 Å². The minimum absolute atomic E-state index is 0.142. The van der Waals surface area contributed by atoms with E-state index < -0.39 is 0 Å². The Bertz CT molecular complexity index is 602. The summed E-state index contributed by atoms with van der Waals surface area (Å²) in [5.41, 5.74) is 7.86. The maximum absolute atomic E-state index is 11.8. The van der Waals surface area contributed by atoms with E-state index in [2.05, 4.69) is 5.32 Å². The van der Waals surface area contributed by atoms with Crippen molar-refractivity contribution in [2.75, 3.05) is 17.7 Å². The van der Waals surface area contributed by atoms with E-state index in [0.717, 1.165) is 5.56 Å². The summed E-state index contributed by atoms with van der Waals surface area (Å²) in [6.07, 6.45) is 0.273. The molecule has 2 aromatic rings. The fourth-order valence-corrected chi connectivity index (χ4v) is 1.97. The first-order chi connectivity index (χ1) is 10.1. The topological polar surface area (TPSA) is 64.3 Å². The Kier molecular flexibility index (Phi) is 5.60. The largest absolute Gasteiger partial charge is 0.397 e. The van der Waals surface area contributed by atoms with Crippen LogP contribution in [0.25, 0.3) is 0 Å². The van der Waals surface area contributed by atoms with Crippen LogP contribution in [0.2, 0.25) is 5.02 Å². The third kappa shape index (κ3) is 5.10. The summed E-state index contributed by atoms with van der Waals surface area (Å²) in [5, 5.41) is 3.27. The molecule has 0 saturated carbocycles. The van der Waals surface area contributed by atoms with Gasteiger partial charge in [0.15, 0.2) is 0 Å². The number of ether oxygens (including phenoxy) is 1. The quantitative estimate of drug-likeness (QED) is 0.634. The van der Waals surface area contributed by atoms with Crippen LogP contribution in [-0.2, 0) is 16.1 Å². The molecule has 0 saturated heterocycles. The Hall–Kier alpha value is -2.04. The van der Waals surface area contributed by atoms with E-state index in [9.17, 15) is 4.79 Å². The van der Waals surface area contributed by atoms with Gasteiger partial charge in [-0.3, -0.25) is 4.79 Å². The predicted octanol–water partition coefficient (Wildman–Crippen LogP) is 3.47. The Labute approximate surface area is 128 Å². The number of hydrogen-bond donors (Lipinski definition) is 2. The fraction of sp³-hybridized carbons (Fsp3) is 0.188. The van der Waals surface area contributed by atoms with Gasteiger partial charge < -0.3 is 15.8 Å². The number of amides is 1. The molecule has 2 rings (SSSR count). The van der Waals surface area contributed by atoms with Crippen LogP contribution >= 0.6 is 11.6 Å². The Morgan fingerprint density at radius 3 is 2.67 bits per heavy atom. The first-order valence-corrected chi connectivity index (χ1v) is 6.99. The van der Waals surface area contributed by atoms with Crippen molar-refractivity contribution in [2.24, 2.45) is 0 Å². The summed E-state index contributed by atoms with van der Waals surface area (Å²) >= 11 is 5.80. The second-order valence-electron chi connectivity index (χ2n) is 4.57. The Balaban J connectivity index is 1.72. The molecule has 0 bridgehead atoms. The van der Waals surface area contributed by atoms with Crippen molar-refractivity contribution in [1.29, 1.82) is 0 Å². The number of benzene rings is 2. The van der Waals surface area contributed by atoms with Crippen molar-refractivity contribution >= 4 is 28.9 Å². The van der Waals surface area contributed by atoms with Gasteiger partial charge in [-0.25, -0.2) is 0 Å². The molecule has 0 aromatic heterocycles. The van der Waals surface area contributed by atoms with Crippen molar-refractivity contribution in [3.63, 3.8) is 0 Å². The van der Waals surface area contributed by atoms with Crippen LogP contribution in [0.4, 0.5) is 11.4 Å². The Morgan fingerprint density at radius 1 is 1.19 bits per heavy atom. The van der Waals surface area contributed by atoms with Crippen LogP contribution in [0.1, 0.15) is 12.0 Å². The van der Waals surface area contributed by atoms with Gasteiger partial charge in [0.2, 0.25) is 5.91 Å². The van der Waals surface area contributed by atoms with Crippen molar-refractivity contribution in [3.05, 3.63) is 59.1 Å². The molecule has 0 radical (unpaired) electrons. The molecular weight excluding hydrogens is 288 g/mol. The van der Waals surface area contributed by atoms with Gasteiger partial charge in [-0.2, -0.15) is 0 Å². The molecule has 21 heavy (non-hydrogen) atoms. The maximum Gasteiger partial charge on any atom is 0.226 e. The van der Waals surface area contributed by atoms with Gasteiger partial charge >= 0.3 is 0 Å². The van der Waals surface area contributed by atoms with Gasteiger partial charge in [0.1, 0.15) is 0 Å². The second-order valence-corrected chi connectivity index (χ2v) is 5.00. The van der Waals surface area contributed by atoms with E-state index in [-0.39, 0.29) is 12.3 Å². The van der Waals surface area contributed by atoms with Gasteiger partial charge in [-0.1, -0.05) is 41.9 Å². The minimum Gasteiger partial charge on any atom is -0.397 e. The molecule has 3 N–H and O–H groups in total. The third-order valence-corrected chi connectivity index (χ3v) is 3.11. The number of nitrogen functional groups attached to an aromatic ring is 1.